The highest BCUT2D eigenvalue weighted by Crippen LogP contribution is 2.24. The molecular formula is C21H20ClFN4O3. The summed E-state index contributed by atoms with van der Waals surface area (Å²) < 4.78 is 19.9. The van der Waals surface area contributed by atoms with Gasteiger partial charge in [0.1, 0.15) is 5.82 Å². The van der Waals surface area contributed by atoms with E-state index < -0.39 is 11.8 Å². The molecular weight excluding hydrogens is 411 g/mol. The molecule has 3 aromatic rings. The summed E-state index contributed by atoms with van der Waals surface area (Å²) in [7, 11) is 3.33. The van der Waals surface area contributed by atoms with Crippen LogP contribution in [-0.2, 0) is 4.74 Å². The molecule has 0 N–H and O–H groups in total. The number of halogens is 2. The fraction of sp³-hybridized carbons (Fsp3) is 0.286. The molecule has 30 heavy (non-hydrogen) atoms. The molecule has 1 aliphatic rings. The number of carbonyl (C=O) groups excluding carboxylic acids is 1. The molecule has 0 radical (unpaired) electrons. The lowest BCUT2D eigenvalue weighted by Gasteiger charge is -2.34. The lowest BCUT2D eigenvalue weighted by Crippen LogP contribution is -2.46. The predicted octanol–water partition coefficient (Wildman–Crippen LogP) is 2.72. The number of rotatable bonds is 3. The van der Waals surface area contributed by atoms with E-state index in [4.69, 9.17) is 21.3 Å². The molecule has 7 nitrogen and oxygen atoms in total. The standard InChI is InChI=1S/C21H20ClFN4O3/c1-25-7-9-26(10-8-25)21-24-18-11-13(20(29)30-2)3-5-15(18)19(28)27(21)14-4-6-17(23)16(22)12-14/h3-6,11-12H,7-10H2,1-2H3. The Morgan fingerprint density at radius 3 is 2.53 bits per heavy atom. The first-order valence-corrected chi connectivity index (χ1v) is 9.81. The number of aromatic nitrogens is 2. The molecule has 1 fully saturated rings. The number of ether oxygens (including phenoxy) is 1. The van der Waals surface area contributed by atoms with Crippen molar-refractivity contribution in [1.82, 2.24) is 14.5 Å². The second-order valence-corrected chi connectivity index (χ2v) is 7.57. The Labute approximate surface area is 177 Å². The summed E-state index contributed by atoms with van der Waals surface area (Å²) in [4.78, 5) is 34.3. The second-order valence-electron chi connectivity index (χ2n) is 7.16. The van der Waals surface area contributed by atoms with Crippen LogP contribution in [-0.4, -0.2) is 60.8 Å². The van der Waals surface area contributed by atoms with Gasteiger partial charge >= 0.3 is 5.97 Å². The number of carbonyl (C=O) groups is 1. The van der Waals surface area contributed by atoms with Crippen LogP contribution < -0.4 is 10.5 Å². The van der Waals surface area contributed by atoms with Crippen molar-refractivity contribution in [2.24, 2.45) is 0 Å². The largest absolute Gasteiger partial charge is 0.465 e. The van der Waals surface area contributed by atoms with Gasteiger partial charge in [-0.2, -0.15) is 0 Å². The van der Waals surface area contributed by atoms with E-state index in [1.165, 1.54) is 35.9 Å². The molecule has 0 saturated carbocycles. The van der Waals surface area contributed by atoms with Crippen LogP contribution in [0.4, 0.5) is 10.3 Å². The Hall–Kier alpha value is -2.97. The fourth-order valence-electron chi connectivity index (χ4n) is 3.49. The molecule has 1 saturated heterocycles. The van der Waals surface area contributed by atoms with Crippen LogP contribution in [0.5, 0.6) is 0 Å². The van der Waals surface area contributed by atoms with E-state index in [9.17, 15) is 14.0 Å². The van der Waals surface area contributed by atoms with Gasteiger partial charge in [0.2, 0.25) is 5.95 Å². The molecule has 0 atom stereocenters. The monoisotopic (exact) mass is 430 g/mol. The molecule has 4 rings (SSSR count). The SMILES string of the molecule is COC(=O)c1ccc2c(=O)n(-c3ccc(F)c(Cl)c3)c(N3CCN(C)CC3)nc2c1. The number of likely N-dealkylation sites (N-methyl/N-ethyl adjacent to an activating group) is 1. The lowest BCUT2D eigenvalue weighted by molar-refractivity contribution is 0.0601. The molecule has 2 heterocycles. The van der Waals surface area contributed by atoms with E-state index in [0.717, 1.165) is 13.1 Å². The van der Waals surface area contributed by atoms with E-state index >= 15 is 0 Å². The van der Waals surface area contributed by atoms with Crippen LogP contribution in [0.3, 0.4) is 0 Å². The zero-order valence-corrected chi connectivity index (χ0v) is 17.3. The van der Waals surface area contributed by atoms with Crippen LogP contribution >= 0.6 is 11.6 Å². The number of benzene rings is 2. The summed E-state index contributed by atoms with van der Waals surface area (Å²) in [6.45, 7) is 2.95. The summed E-state index contributed by atoms with van der Waals surface area (Å²) in [5, 5.41) is 0.255. The van der Waals surface area contributed by atoms with Gasteiger partial charge in [-0.1, -0.05) is 11.6 Å². The van der Waals surface area contributed by atoms with E-state index in [0.29, 0.717) is 41.2 Å². The highest BCUT2D eigenvalue weighted by Gasteiger charge is 2.22. The van der Waals surface area contributed by atoms with Crippen molar-refractivity contribution in [2.75, 3.05) is 45.2 Å². The smallest absolute Gasteiger partial charge is 0.337 e. The summed E-state index contributed by atoms with van der Waals surface area (Å²) >= 11 is 5.98. The first-order chi connectivity index (χ1) is 14.4. The van der Waals surface area contributed by atoms with Gasteiger partial charge in [0.25, 0.3) is 5.56 Å². The molecule has 156 valence electrons. The maximum atomic E-state index is 13.7. The van der Waals surface area contributed by atoms with E-state index in [1.54, 1.807) is 12.1 Å². The van der Waals surface area contributed by atoms with Crippen molar-refractivity contribution in [1.29, 1.82) is 0 Å². The van der Waals surface area contributed by atoms with E-state index in [-0.39, 0.29) is 10.6 Å². The Kier molecular flexibility index (Phi) is 5.44. The third kappa shape index (κ3) is 3.64. The third-order valence-corrected chi connectivity index (χ3v) is 5.51. The van der Waals surface area contributed by atoms with Crippen molar-refractivity contribution in [3.05, 3.63) is 63.2 Å². The van der Waals surface area contributed by atoms with Crippen LogP contribution in [0.25, 0.3) is 16.6 Å². The minimum absolute atomic E-state index is 0.0788. The minimum atomic E-state index is -0.564. The van der Waals surface area contributed by atoms with Gasteiger partial charge in [-0.15, -0.1) is 0 Å². The topological polar surface area (TPSA) is 67.7 Å². The minimum Gasteiger partial charge on any atom is -0.465 e. The summed E-state index contributed by atoms with van der Waals surface area (Å²) in [6, 6.07) is 8.75. The Balaban J connectivity index is 1.96. The highest BCUT2D eigenvalue weighted by molar-refractivity contribution is 6.30. The summed E-state index contributed by atoms with van der Waals surface area (Å²) in [5.74, 6) is -0.647. The maximum Gasteiger partial charge on any atom is 0.337 e. The molecule has 2 aromatic carbocycles. The van der Waals surface area contributed by atoms with Gasteiger partial charge < -0.3 is 14.5 Å². The van der Waals surface area contributed by atoms with Crippen LogP contribution in [0.1, 0.15) is 10.4 Å². The lowest BCUT2D eigenvalue weighted by atomic mass is 10.1. The van der Waals surface area contributed by atoms with E-state index in [1.807, 2.05) is 11.9 Å². The number of nitrogens with zero attached hydrogens (tertiary/aromatic N) is 4. The zero-order chi connectivity index (χ0) is 21.4. The van der Waals surface area contributed by atoms with Crippen molar-refractivity contribution >= 4 is 34.4 Å². The van der Waals surface area contributed by atoms with Gasteiger partial charge in [-0.25, -0.2) is 18.7 Å². The zero-order valence-electron chi connectivity index (χ0n) is 16.6. The van der Waals surface area contributed by atoms with Crippen molar-refractivity contribution in [2.45, 2.75) is 0 Å². The Bertz CT molecular complexity index is 1190. The van der Waals surface area contributed by atoms with Crippen LogP contribution in [0.15, 0.2) is 41.2 Å². The van der Waals surface area contributed by atoms with E-state index in [2.05, 4.69) is 4.90 Å². The Morgan fingerprint density at radius 1 is 1.13 bits per heavy atom. The number of anilines is 1. The molecule has 0 spiro atoms. The molecule has 9 heteroatoms. The van der Waals surface area contributed by atoms with Gasteiger partial charge in [0, 0.05) is 26.2 Å². The predicted molar refractivity (Wildman–Crippen MR) is 113 cm³/mol. The number of hydrogen-bond acceptors (Lipinski definition) is 6. The summed E-state index contributed by atoms with van der Waals surface area (Å²) in [6.07, 6.45) is 0. The third-order valence-electron chi connectivity index (χ3n) is 5.22. The molecule has 1 aliphatic heterocycles. The molecule has 0 aliphatic carbocycles. The number of fused-ring (bicyclic) bond motifs is 1. The van der Waals surface area contributed by atoms with Gasteiger partial charge in [0.15, 0.2) is 0 Å². The van der Waals surface area contributed by atoms with Gasteiger partial charge in [-0.3, -0.25) is 4.79 Å². The maximum absolute atomic E-state index is 13.7. The first kappa shape index (κ1) is 20.3. The van der Waals surface area contributed by atoms with Gasteiger partial charge in [-0.05, 0) is 43.4 Å². The van der Waals surface area contributed by atoms with Gasteiger partial charge in [0.05, 0.1) is 34.3 Å². The molecule has 1 aromatic heterocycles. The fourth-order valence-corrected chi connectivity index (χ4v) is 3.67. The summed E-state index contributed by atoms with van der Waals surface area (Å²) in [5.41, 5.74) is 0.796. The number of piperazine rings is 1. The molecule has 0 amide bonds. The molecule has 0 bridgehead atoms. The Morgan fingerprint density at radius 2 is 1.87 bits per heavy atom. The second kappa shape index (κ2) is 8.04. The number of methoxy groups -OCH3 is 1. The van der Waals surface area contributed by atoms with Crippen molar-refractivity contribution in [3.63, 3.8) is 0 Å². The first-order valence-electron chi connectivity index (χ1n) is 9.43. The number of hydrogen-bond donors (Lipinski definition) is 0. The average molecular weight is 431 g/mol. The molecule has 0 unspecified atom stereocenters. The quantitative estimate of drug-likeness (QED) is 0.595. The van der Waals surface area contributed by atoms with Crippen molar-refractivity contribution < 1.29 is 13.9 Å². The van der Waals surface area contributed by atoms with Crippen LogP contribution in [0, 0.1) is 5.82 Å². The van der Waals surface area contributed by atoms with Crippen molar-refractivity contribution in [3.8, 4) is 5.69 Å². The average Bonchev–Trinajstić information content (AvgIpc) is 2.75. The normalized spacial score (nSPS) is 14.9. The number of esters is 1. The highest BCUT2D eigenvalue weighted by atomic mass is 35.5. The van der Waals surface area contributed by atoms with Crippen LogP contribution in [0.2, 0.25) is 5.02 Å².